The van der Waals surface area contributed by atoms with Gasteiger partial charge in [-0.25, -0.2) is 15.0 Å². The molecule has 0 N–H and O–H groups in total. The molecule has 0 aliphatic carbocycles. The minimum absolute atomic E-state index is 0.683. The molecule has 214 valence electrons. The molecule has 0 saturated carbocycles. The molecule has 0 atom stereocenters. The number of morpholine rings is 1. The van der Waals surface area contributed by atoms with Crippen LogP contribution < -0.4 is 14.7 Å². The van der Waals surface area contributed by atoms with Crippen molar-refractivity contribution in [1.29, 1.82) is 0 Å². The third-order valence-corrected chi connectivity index (χ3v) is 8.00. The summed E-state index contributed by atoms with van der Waals surface area (Å²) in [6.07, 6.45) is 3.94. The number of anilines is 3. The molecule has 9 nitrogen and oxygen atoms in total. The van der Waals surface area contributed by atoms with Gasteiger partial charge in [0, 0.05) is 45.8 Å². The maximum atomic E-state index is 5.68. The quantitative estimate of drug-likeness (QED) is 0.303. The van der Waals surface area contributed by atoms with E-state index in [0.717, 1.165) is 74.2 Å². The van der Waals surface area contributed by atoms with Crippen molar-refractivity contribution >= 4 is 28.6 Å². The highest BCUT2D eigenvalue weighted by Gasteiger charge is 2.27. The van der Waals surface area contributed by atoms with Crippen LogP contribution in [0.4, 0.5) is 17.6 Å². The maximum Gasteiger partial charge on any atom is 0.228 e. The monoisotopic (exact) mass is 552 g/mol. The summed E-state index contributed by atoms with van der Waals surface area (Å²) < 4.78 is 5.68. The van der Waals surface area contributed by atoms with Gasteiger partial charge >= 0.3 is 0 Å². The summed E-state index contributed by atoms with van der Waals surface area (Å²) in [4.78, 5) is 29.3. The van der Waals surface area contributed by atoms with Crippen LogP contribution in [0.3, 0.4) is 0 Å². The standard InChI is InChI=1S/C32H40N8O/c1-37(2)21-27-13-15-39(16-14-27)32-35-29-28(31(36-32)38-17-19-41-20-18-38)33-24-34-30(29)40(22-25-9-5-3-6-10-25)23-26-11-7-4-8-12-26/h3-12,24,27H,13-23H2,1-2H3. The normalized spacial score (nSPS) is 16.5. The number of benzene rings is 2. The van der Waals surface area contributed by atoms with Crippen LogP contribution in [0.15, 0.2) is 67.0 Å². The van der Waals surface area contributed by atoms with Crippen molar-refractivity contribution in [1.82, 2.24) is 24.8 Å². The molecule has 6 rings (SSSR count). The van der Waals surface area contributed by atoms with Crippen LogP contribution in [0, 0.1) is 5.92 Å². The van der Waals surface area contributed by atoms with E-state index in [0.29, 0.717) is 32.2 Å². The van der Waals surface area contributed by atoms with Gasteiger partial charge in [0.05, 0.1) is 13.2 Å². The van der Waals surface area contributed by atoms with E-state index in [2.05, 4.69) is 94.4 Å². The lowest BCUT2D eigenvalue weighted by Crippen LogP contribution is -2.39. The smallest absolute Gasteiger partial charge is 0.228 e. The van der Waals surface area contributed by atoms with Crippen molar-refractivity contribution in [3.8, 4) is 0 Å². The number of nitrogens with zero attached hydrogens (tertiary/aromatic N) is 8. The van der Waals surface area contributed by atoms with Gasteiger partial charge in [0.2, 0.25) is 5.95 Å². The molecule has 41 heavy (non-hydrogen) atoms. The molecule has 2 saturated heterocycles. The Morgan fingerprint density at radius 2 is 1.39 bits per heavy atom. The van der Waals surface area contributed by atoms with E-state index in [1.807, 2.05) is 0 Å². The molecule has 0 unspecified atom stereocenters. The molecule has 0 spiro atoms. The van der Waals surface area contributed by atoms with Crippen molar-refractivity contribution in [2.24, 2.45) is 5.92 Å². The third kappa shape index (κ3) is 6.57. The van der Waals surface area contributed by atoms with Gasteiger partial charge in [-0.05, 0) is 44.0 Å². The van der Waals surface area contributed by atoms with Crippen LogP contribution in [0.25, 0.3) is 11.0 Å². The minimum Gasteiger partial charge on any atom is -0.378 e. The zero-order valence-corrected chi connectivity index (χ0v) is 24.2. The second-order valence-corrected chi connectivity index (χ2v) is 11.4. The first-order valence-corrected chi connectivity index (χ1v) is 14.7. The Morgan fingerprint density at radius 1 is 0.756 bits per heavy atom. The lowest BCUT2D eigenvalue weighted by Gasteiger charge is -2.34. The number of rotatable bonds is 9. The van der Waals surface area contributed by atoms with E-state index in [-0.39, 0.29) is 0 Å². The Kier molecular flexibility index (Phi) is 8.53. The Morgan fingerprint density at radius 3 is 2.00 bits per heavy atom. The van der Waals surface area contributed by atoms with Crippen molar-refractivity contribution in [2.45, 2.75) is 25.9 Å². The van der Waals surface area contributed by atoms with Crippen molar-refractivity contribution in [2.75, 3.05) is 74.7 Å². The Balaban J connectivity index is 1.42. The summed E-state index contributed by atoms with van der Waals surface area (Å²) in [6, 6.07) is 21.1. The van der Waals surface area contributed by atoms with Crippen LogP contribution in [-0.2, 0) is 17.8 Å². The molecule has 0 bridgehead atoms. The first kappa shape index (κ1) is 27.4. The topological polar surface area (TPSA) is 73.8 Å². The molecule has 4 aromatic rings. The average Bonchev–Trinajstić information content (AvgIpc) is 3.01. The van der Waals surface area contributed by atoms with Gasteiger partial charge < -0.3 is 24.3 Å². The zero-order chi connectivity index (χ0) is 28.0. The molecule has 2 fully saturated rings. The lowest BCUT2D eigenvalue weighted by molar-refractivity contribution is 0.122. The van der Waals surface area contributed by atoms with E-state index in [1.54, 1.807) is 6.33 Å². The second kappa shape index (κ2) is 12.8. The van der Waals surface area contributed by atoms with E-state index < -0.39 is 0 Å². The molecule has 2 aromatic carbocycles. The number of hydrogen-bond donors (Lipinski definition) is 0. The fourth-order valence-electron chi connectivity index (χ4n) is 5.92. The minimum atomic E-state index is 0.683. The Bertz CT molecular complexity index is 1360. The average molecular weight is 553 g/mol. The summed E-state index contributed by atoms with van der Waals surface area (Å²) in [5.41, 5.74) is 4.05. The number of ether oxygens (including phenoxy) is 1. The van der Waals surface area contributed by atoms with Crippen LogP contribution in [-0.4, -0.2) is 84.9 Å². The highest BCUT2D eigenvalue weighted by Crippen LogP contribution is 2.33. The molecule has 2 aliphatic heterocycles. The van der Waals surface area contributed by atoms with Crippen LogP contribution in [0.2, 0.25) is 0 Å². The van der Waals surface area contributed by atoms with Gasteiger partial charge in [0.15, 0.2) is 11.6 Å². The van der Waals surface area contributed by atoms with Gasteiger partial charge in [-0.15, -0.1) is 0 Å². The maximum absolute atomic E-state index is 5.68. The summed E-state index contributed by atoms with van der Waals surface area (Å²) >= 11 is 0. The number of fused-ring (bicyclic) bond motifs is 1. The SMILES string of the molecule is CN(C)CC1CCN(c2nc(N3CCOCC3)c3ncnc(N(Cc4ccccc4)Cc4ccccc4)c3n2)CC1. The molecule has 4 heterocycles. The molecule has 9 heteroatoms. The van der Waals surface area contributed by atoms with Crippen LogP contribution >= 0.6 is 0 Å². The second-order valence-electron chi connectivity index (χ2n) is 11.4. The summed E-state index contributed by atoms with van der Waals surface area (Å²) in [5.74, 6) is 3.19. The highest BCUT2D eigenvalue weighted by atomic mass is 16.5. The molecule has 2 aromatic heterocycles. The van der Waals surface area contributed by atoms with Gasteiger partial charge in [-0.3, -0.25) is 0 Å². The summed E-state index contributed by atoms with van der Waals surface area (Å²) in [6.45, 7) is 7.39. The van der Waals surface area contributed by atoms with E-state index in [4.69, 9.17) is 24.7 Å². The number of hydrogen-bond acceptors (Lipinski definition) is 9. The van der Waals surface area contributed by atoms with Crippen molar-refractivity contribution in [3.05, 3.63) is 78.1 Å². The fraction of sp³-hybridized carbons (Fsp3) is 0.438. The van der Waals surface area contributed by atoms with E-state index in [1.165, 1.54) is 11.1 Å². The van der Waals surface area contributed by atoms with E-state index in [9.17, 15) is 0 Å². The van der Waals surface area contributed by atoms with Crippen molar-refractivity contribution in [3.63, 3.8) is 0 Å². The van der Waals surface area contributed by atoms with Crippen molar-refractivity contribution < 1.29 is 4.74 Å². The lowest BCUT2D eigenvalue weighted by atomic mass is 9.97. The van der Waals surface area contributed by atoms with Crippen LogP contribution in [0.5, 0.6) is 0 Å². The summed E-state index contributed by atoms with van der Waals surface area (Å²) in [5, 5.41) is 0. The molecular formula is C32H40N8O. The number of aromatic nitrogens is 4. The molecule has 2 aliphatic rings. The highest BCUT2D eigenvalue weighted by molar-refractivity contribution is 5.94. The summed E-state index contributed by atoms with van der Waals surface area (Å²) in [7, 11) is 4.32. The first-order chi connectivity index (χ1) is 20.1. The largest absolute Gasteiger partial charge is 0.378 e. The van der Waals surface area contributed by atoms with Gasteiger partial charge in [0.25, 0.3) is 0 Å². The Labute approximate surface area is 242 Å². The first-order valence-electron chi connectivity index (χ1n) is 14.7. The predicted molar refractivity (Wildman–Crippen MR) is 164 cm³/mol. The molecule has 0 amide bonds. The van der Waals surface area contributed by atoms with Crippen LogP contribution in [0.1, 0.15) is 24.0 Å². The van der Waals surface area contributed by atoms with Gasteiger partial charge in [-0.2, -0.15) is 4.98 Å². The van der Waals surface area contributed by atoms with Gasteiger partial charge in [0.1, 0.15) is 17.4 Å². The molecular weight excluding hydrogens is 512 g/mol. The Hall–Kier alpha value is -3.82. The fourth-order valence-corrected chi connectivity index (χ4v) is 5.92. The molecule has 0 radical (unpaired) electrons. The number of piperidine rings is 1. The van der Waals surface area contributed by atoms with E-state index >= 15 is 0 Å². The zero-order valence-electron chi connectivity index (χ0n) is 24.2. The van der Waals surface area contributed by atoms with Gasteiger partial charge in [-0.1, -0.05) is 60.7 Å². The predicted octanol–water partition coefficient (Wildman–Crippen LogP) is 4.24. The third-order valence-electron chi connectivity index (χ3n) is 8.00.